The van der Waals surface area contributed by atoms with E-state index in [1.165, 1.54) is 31.2 Å². The van der Waals surface area contributed by atoms with Gasteiger partial charge in [-0.05, 0) is 77.5 Å². The largest absolute Gasteiger partial charge is 4.00 e. The average molecular weight is 521 g/mol. The van der Waals surface area contributed by atoms with Crippen molar-refractivity contribution in [2.75, 3.05) is 28.2 Å². The van der Waals surface area contributed by atoms with E-state index in [4.69, 9.17) is 0 Å². The Balaban J connectivity index is 0.000000188. The minimum Gasteiger partial charge on any atom is -0.369 e. The van der Waals surface area contributed by atoms with E-state index in [0.717, 1.165) is 42.2 Å². The SMILES string of the molecule is CN(C)C1CC2C=CC=CC2C1.CN(C)C1CC2C=CC=CC2C1.[CH2-][C@H]([CH-]C)Cc1ccccc1.[Ti+4]. The van der Waals surface area contributed by atoms with Crippen molar-refractivity contribution in [3.63, 3.8) is 0 Å². The van der Waals surface area contributed by atoms with Crippen LogP contribution in [0.3, 0.4) is 0 Å². The first kappa shape index (κ1) is 31.0. The van der Waals surface area contributed by atoms with Crippen molar-refractivity contribution >= 4 is 0 Å². The molecule has 1 aromatic carbocycles. The van der Waals surface area contributed by atoms with Crippen molar-refractivity contribution in [2.45, 2.75) is 51.1 Å². The minimum absolute atomic E-state index is 0. The van der Waals surface area contributed by atoms with Crippen LogP contribution in [0.4, 0.5) is 0 Å². The van der Waals surface area contributed by atoms with E-state index in [-0.39, 0.29) is 21.7 Å². The molecular weight excluding hydrogens is 472 g/mol. The summed E-state index contributed by atoms with van der Waals surface area (Å²) in [5.41, 5.74) is 1.37. The molecular formula is C33H48N2Ti+2. The Kier molecular flexibility index (Phi) is 13.7. The normalized spacial score (nSPS) is 30.0. The molecule has 4 unspecified atom stereocenters. The van der Waals surface area contributed by atoms with Gasteiger partial charge in [-0.3, -0.25) is 5.92 Å². The summed E-state index contributed by atoms with van der Waals surface area (Å²) in [5.74, 6) is 3.73. The second kappa shape index (κ2) is 15.9. The van der Waals surface area contributed by atoms with Gasteiger partial charge in [-0.25, -0.2) is 0 Å². The van der Waals surface area contributed by atoms with Gasteiger partial charge in [0.25, 0.3) is 0 Å². The number of hydrogen-bond donors (Lipinski definition) is 0. The molecule has 192 valence electrons. The van der Waals surface area contributed by atoms with Gasteiger partial charge in [-0.2, -0.15) is 6.92 Å². The first-order valence-corrected chi connectivity index (χ1v) is 13.6. The van der Waals surface area contributed by atoms with Crippen molar-refractivity contribution in [1.29, 1.82) is 0 Å². The van der Waals surface area contributed by atoms with E-state index in [2.05, 4.69) is 131 Å². The number of hydrogen-bond acceptors (Lipinski definition) is 2. The molecule has 1 aromatic rings. The average Bonchev–Trinajstić information content (AvgIpc) is 3.50. The summed E-state index contributed by atoms with van der Waals surface area (Å²) in [6.07, 6.45) is 26.8. The number of rotatable bonds is 5. The number of benzene rings is 1. The summed E-state index contributed by atoms with van der Waals surface area (Å²) in [6.45, 7) is 6.05. The molecule has 0 aliphatic heterocycles. The zero-order valence-electron chi connectivity index (χ0n) is 23.3. The summed E-state index contributed by atoms with van der Waals surface area (Å²) >= 11 is 0. The van der Waals surface area contributed by atoms with Crippen LogP contribution in [0, 0.1) is 42.9 Å². The standard InChI is InChI=1S/2C11H17N.C11H14.Ti/c2*1-12(2)11-7-9-5-3-4-6-10(9)8-11;1-3-10(2)9-11-7-5-4-6-8-11;/h2*3-6,9-11H,7-8H2,1-2H3;3-8,10H,2,9H2,1H3;/q;;-2;+4/t;;10-;/m..1./s1. The fourth-order valence-corrected chi connectivity index (χ4v) is 5.74. The predicted molar refractivity (Wildman–Crippen MR) is 153 cm³/mol. The fourth-order valence-electron chi connectivity index (χ4n) is 5.74. The number of allylic oxidation sites excluding steroid dienone is 8. The van der Waals surface area contributed by atoms with Gasteiger partial charge in [-0.15, -0.1) is 0 Å². The Labute approximate surface area is 237 Å². The van der Waals surface area contributed by atoms with E-state index in [1.807, 2.05) is 6.07 Å². The Bertz CT molecular complexity index is 766. The molecule has 3 heteroatoms. The quantitative estimate of drug-likeness (QED) is 0.304. The molecule has 5 atom stereocenters. The second-order valence-corrected chi connectivity index (χ2v) is 11.2. The summed E-state index contributed by atoms with van der Waals surface area (Å²) in [4.78, 5) is 4.72. The third-order valence-electron chi connectivity index (χ3n) is 8.21. The molecule has 0 radical (unpaired) electrons. The Morgan fingerprint density at radius 2 is 1.08 bits per heavy atom. The molecule has 2 fully saturated rings. The Morgan fingerprint density at radius 3 is 1.39 bits per heavy atom. The third kappa shape index (κ3) is 9.60. The Hall–Kier alpha value is -1.19. The maximum absolute atomic E-state index is 4.00. The molecule has 0 heterocycles. The van der Waals surface area contributed by atoms with Crippen LogP contribution in [0.1, 0.15) is 38.2 Å². The van der Waals surface area contributed by atoms with Gasteiger partial charge in [0.2, 0.25) is 0 Å². The predicted octanol–water partition coefficient (Wildman–Crippen LogP) is 7.04. The molecule has 2 saturated carbocycles. The van der Waals surface area contributed by atoms with Crippen LogP contribution in [-0.4, -0.2) is 50.1 Å². The van der Waals surface area contributed by atoms with Gasteiger partial charge < -0.3 is 23.1 Å². The molecule has 5 rings (SSSR count). The zero-order valence-corrected chi connectivity index (χ0v) is 24.8. The summed E-state index contributed by atoms with van der Waals surface area (Å²) in [7, 11) is 8.76. The summed E-state index contributed by atoms with van der Waals surface area (Å²) in [6, 6.07) is 12.1. The van der Waals surface area contributed by atoms with Crippen LogP contribution in [0.5, 0.6) is 0 Å². The van der Waals surface area contributed by atoms with E-state index in [9.17, 15) is 0 Å². The third-order valence-corrected chi connectivity index (χ3v) is 8.21. The first-order valence-electron chi connectivity index (χ1n) is 13.6. The molecule has 0 N–H and O–H groups in total. The molecule has 4 aliphatic carbocycles. The van der Waals surface area contributed by atoms with Crippen LogP contribution >= 0.6 is 0 Å². The topological polar surface area (TPSA) is 6.48 Å². The molecule has 0 aromatic heterocycles. The van der Waals surface area contributed by atoms with E-state index in [0.29, 0.717) is 5.92 Å². The summed E-state index contributed by atoms with van der Waals surface area (Å²) < 4.78 is 0. The Morgan fingerprint density at radius 1 is 0.722 bits per heavy atom. The van der Waals surface area contributed by atoms with Crippen LogP contribution in [0.2, 0.25) is 0 Å². The van der Waals surface area contributed by atoms with Crippen LogP contribution in [-0.2, 0) is 28.1 Å². The van der Waals surface area contributed by atoms with Gasteiger partial charge in [-0.1, -0.05) is 90.9 Å². The van der Waals surface area contributed by atoms with Gasteiger partial charge in [0.05, 0.1) is 0 Å². The number of nitrogens with zero attached hydrogens (tertiary/aromatic N) is 2. The second-order valence-electron chi connectivity index (χ2n) is 11.2. The maximum atomic E-state index is 4.00. The monoisotopic (exact) mass is 520 g/mol. The first-order chi connectivity index (χ1) is 16.9. The van der Waals surface area contributed by atoms with E-state index in [1.54, 1.807) is 0 Å². The summed E-state index contributed by atoms with van der Waals surface area (Å²) in [5, 5.41) is 0. The van der Waals surface area contributed by atoms with Gasteiger partial charge in [0, 0.05) is 12.1 Å². The van der Waals surface area contributed by atoms with Crippen molar-refractivity contribution in [1.82, 2.24) is 9.80 Å². The zero-order chi connectivity index (χ0) is 25.2. The molecule has 0 amide bonds. The fraction of sp³-hybridized carbons (Fsp3) is 0.515. The number of fused-ring (bicyclic) bond motifs is 2. The van der Waals surface area contributed by atoms with Crippen molar-refractivity contribution < 1.29 is 21.7 Å². The van der Waals surface area contributed by atoms with Gasteiger partial charge >= 0.3 is 21.7 Å². The van der Waals surface area contributed by atoms with Crippen LogP contribution in [0.25, 0.3) is 0 Å². The molecule has 0 spiro atoms. The van der Waals surface area contributed by atoms with Gasteiger partial charge in [0.1, 0.15) is 0 Å². The maximum Gasteiger partial charge on any atom is 4.00 e. The van der Waals surface area contributed by atoms with Crippen molar-refractivity contribution in [2.24, 2.45) is 29.6 Å². The molecule has 0 saturated heterocycles. The van der Waals surface area contributed by atoms with Gasteiger partial charge in [0.15, 0.2) is 0 Å². The van der Waals surface area contributed by atoms with E-state index < -0.39 is 0 Å². The van der Waals surface area contributed by atoms with Crippen LogP contribution < -0.4 is 0 Å². The van der Waals surface area contributed by atoms with E-state index >= 15 is 0 Å². The van der Waals surface area contributed by atoms with Crippen molar-refractivity contribution in [3.8, 4) is 0 Å². The minimum atomic E-state index is 0. The molecule has 4 aliphatic rings. The molecule has 2 nitrogen and oxygen atoms in total. The smallest absolute Gasteiger partial charge is 0.369 e. The molecule has 36 heavy (non-hydrogen) atoms. The van der Waals surface area contributed by atoms with Crippen LogP contribution in [0.15, 0.2) is 78.9 Å². The van der Waals surface area contributed by atoms with Crippen molar-refractivity contribution in [3.05, 3.63) is 97.8 Å². The molecule has 0 bridgehead atoms.